The van der Waals surface area contributed by atoms with Gasteiger partial charge in [0.2, 0.25) is 0 Å². The number of aromatic carboxylic acids is 1. The predicted octanol–water partition coefficient (Wildman–Crippen LogP) is 4.49. The van der Waals surface area contributed by atoms with E-state index in [4.69, 9.17) is 5.11 Å². The van der Waals surface area contributed by atoms with Gasteiger partial charge < -0.3 is 10.4 Å². The van der Waals surface area contributed by atoms with E-state index in [-0.39, 0.29) is 30.0 Å². The zero-order valence-electron chi connectivity index (χ0n) is 16.0. The average molecular weight is 410 g/mol. The maximum atomic E-state index is 14.7. The Morgan fingerprint density at radius 3 is 2.50 bits per heavy atom. The van der Waals surface area contributed by atoms with Crippen molar-refractivity contribution < 1.29 is 23.5 Å². The number of pyridine rings is 1. The van der Waals surface area contributed by atoms with Gasteiger partial charge in [-0.25, -0.2) is 13.6 Å². The smallest absolute Gasteiger partial charge is 0.335 e. The number of carboxylic acid groups (broad SMARTS) is 1. The second kappa shape index (κ2) is 9.73. The zero-order valence-corrected chi connectivity index (χ0v) is 16.0. The summed E-state index contributed by atoms with van der Waals surface area (Å²) in [6.07, 6.45) is 0.674. The van der Waals surface area contributed by atoms with Gasteiger partial charge in [0.25, 0.3) is 5.91 Å². The highest BCUT2D eigenvalue weighted by Crippen LogP contribution is 2.23. The summed E-state index contributed by atoms with van der Waals surface area (Å²) in [7, 11) is 0. The molecule has 5 nitrogen and oxygen atoms in total. The SMILES string of the molecule is O=C(O)c1ccc(CCC(F)c2ccnc(C(=O)NCc3cccc(F)c3)c2)cc1. The van der Waals surface area contributed by atoms with Crippen molar-refractivity contribution in [1.82, 2.24) is 10.3 Å². The van der Waals surface area contributed by atoms with E-state index in [1.54, 1.807) is 24.3 Å². The van der Waals surface area contributed by atoms with Crippen molar-refractivity contribution in [2.75, 3.05) is 0 Å². The average Bonchev–Trinajstić information content (AvgIpc) is 2.76. The molecule has 1 unspecified atom stereocenters. The summed E-state index contributed by atoms with van der Waals surface area (Å²) in [5.41, 5.74) is 2.03. The number of hydrogen-bond donors (Lipinski definition) is 2. The van der Waals surface area contributed by atoms with Gasteiger partial charge in [0.1, 0.15) is 17.7 Å². The molecular weight excluding hydrogens is 390 g/mol. The number of nitrogens with zero attached hydrogens (tertiary/aromatic N) is 1. The van der Waals surface area contributed by atoms with E-state index in [0.717, 1.165) is 5.56 Å². The van der Waals surface area contributed by atoms with Crippen molar-refractivity contribution in [3.05, 3.63) is 101 Å². The van der Waals surface area contributed by atoms with Gasteiger partial charge in [-0.15, -0.1) is 0 Å². The minimum Gasteiger partial charge on any atom is -0.478 e. The van der Waals surface area contributed by atoms with E-state index in [1.165, 1.54) is 42.6 Å². The van der Waals surface area contributed by atoms with Crippen LogP contribution in [0.15, 0.2) is 66.9 Å². The summed E-state index contributed by atoms with van der Waals surface area (Å²) in [5, 5.41) is 11.6. The van der Waals surface area contributed by atoms with Crippen molar-refractivity contribution in [3.63, 3.8) is 0 Å². The lowest BCUT2D eigenvalue weighted by Gasteiger charge is -2.11. The van der Waals surface area contributed by atoms with Gasteiger partial charge in [-0.1, -0.05) is 24.3 Å². The number of aromatic nitrogens is 1. The first kappa shape index (κ1) is 21.1. The van der Waals surface area contributed by atoms with Crippen molar-refractivity contribution in [2.24, 2.45) is 0 Å². The standard InChI is InChI=1S/C23H20F2N2O3/c24-19-3-1-2-16(12-19)14-27-22(28)21-13-18(10-11-26-21)20(25)9-6-15-4-7-17(8-5-15)23(29)30/h1-5,7-8,10-13,20H,6,9,14H2,(H,27,28)(H,29,30). The van der Waals surface area contributed by atoms with Gasteiger partial charge in [-0.05, 0) is 65.9 Å². The maximum absolute atomic E-state index is 14.7. The lowest BCUT2D eigenvalue weighted by atomic mass is 10.0. The number of amides is 1. The molecule has 3 rings (SSSR count). The third-order valence-corrected chi connectivity index (χ3v) is 4.61. The highest BCUT2D eigenvalue weighted by Gasteiger charge is 2.14. The maximum Gasteiger partial charge on any atom is 0.335 e. The van der Waals surface area contributed by atoms with Gasteiger partial charge in [-0.3, -0.25) is 9.78 Å². The summed E-state index contributed by atoms with van der Waals surface area (Å²) < 4.78 is 27.9. The molecule has 0 aliphatic rings. The van der Waals surface area contributed by atoms with Crippen LogP contribution < -0.4 is 5.32 Å². The van der Waals surface area contributed by atoms with Crippen molar-refractivity contribution in [3.8, 4) is 0 Å². The first-order valence-corrected chi connectivity index (χ1v) is 9.37. The van der Waals surface area contributed by atoms with Crippen LogP contribution in [0.2, 0.25) is 0 Å². The van der Waals surface area contributed by atoms with E-state index < -0.39 is 18.0 Å². The van der Waals surface area contributed by atoms with E-state index in [9.17, 15) is 18.4 Å². The summed E-state index contributed by atoms with van der Waals surface area (Å²) >= 11 is 0. The van der Waals surface area contributed by atoms with E-state index in [2.05, 4.69) is 10.3 Å². The third kappa shape index (κ3) is 5.70. The van der Waals surface area contributed by atoms with Crippen LogP contribution in [0, 0.1) is 5.82 Å². The highest BCUT2D eigenvalue weighted by atomic mass is 19.1. The van der Waals surface area contributed by atoms with Gasteiger partial charge in [0, 0.05) is 12.7 Å². The van der Waals surface area contributed by atoms with Crippen LogP contribution >= 0.6 is 0 Å². The topological polar surface area (TPSA) is 79.3 Å². The molecule has 1 atom stereocenters. The molecule has 2 aromatic carbocycles. The molecule has 1 aromatic heterocycles. The predicted molar refractivity (Wildman–Crippen MR) is 107 cm³/mol. The fraction of sp³-hybridized carbons (Fsp3) is 0.174. The van der Waals surface area contributed by atoms with Crippen LogP contribution in [0.3, 0.4) is 0 Å². The molecule has 0 spiro atoms. The molecular formula is C23H20F2N2O3. The van der Waals surface area contributed by atoms with Crippen LogP contribution in [0.25, 0.3) is 0 Å². The molecule has 2 N–H and O–H groups in total. The molecule has 0 aliphatic heterocycles. The fourth-order valence-corrected chi connectivity index (χ4v) is 2.96. The number of carbonyl (C=O) groups is 2. The number of carbonyl (C=O) groups excluding carboxylic acids is 1. The fourth-order valence-electron chi connectivity index (χ4n) is 2.96. The van der Waals surface area contributed by atoms with E-state index >= 15 is 0 Å². The van der Waals surface area contributed by atoms with Crippen LogP contribution in [0.1, 0.15) is 50.1 Å². The number of aryl methyl sites for hydroxylation is 1. The second-order valence-corrected chi connectivity index (χ2v) is 6.80. The molecule has 0 saturated heterocycles. The van der Waals surface area contributed by atoms with Gasteiger partial charge in [0.05, 0.1) is 5.56 Å². The largest absolute Gasteiger partial charge is 0.478 e. The molecule has 0 saturated carbocycles. The molecule has 7 heteroatoms. The number of hydrogen-bond acceptors (Lipinski definition) is 3. The van der Waals surface area contributed by atoms with Crippen LogP contribution in [-0.4, -0.2) is 22.0 Å². The van der Waals surface area contributed by atoms with Crippen molar-refractivity contribution >= 4 is 11.9 Å². The summed E-state index contributed by atoms with van der Waals surface area (Å²) in [5.74, 6) is -1.87. The molecule has 3 aromatic rings. The lowest BCUT2D eigenvalue weighted by Crippen LogP contribution is -2.24. The molecule has 1 amide bonds. The Morgan fingerprint density at radius 2 is 1.80 bits per heavy atom. The van der Waals surface area contributed by atoms with Gasteiger partial charge >= 0.3 is 5.97 Å². The molecule has 30 heavy (non-hydrogen) atoms. The molecule has 154 valence electrons. The van der Waals surface area contributed by atoms with Gasteiger partial charge in [0.15, 0.2) is 0 Å². The van der Waals surface area contributed by atoms with Gasteiger partial charge in [-0.2, -0.15) is 0 Å². The third-order valence-electron chi connectivity index (χ3n) is 4.61. The number of alkyl halides is 1. The van der Waals surface area contributed by atoms with E-state index in [1.807, 2.05) is 0 Å². The quantitative estimate of drug-likeness (QED) is 0.573. The Bertz CT molecular complexity index is 1040. The normalized spacial score (nSPS) is 11.7. The number of benzene rings is 2. The summed E-state index contributed by atoms with van der Waals surface area (Å²) in [6.45, 7) is 0.133. The highest BCUT2D eigenvalue weighted by molar-refractivity contribution is 5.92. The Morgan fingerprint density at radius 1 is 1.03 bits per heavy atom. The number of halogens is 2. The Labute approximate surface area is 172 Å². The zero-order chi connectivity index (χ0) is 21.5. The molecule has 0 fully saturated rings. The molecule has 0 aliphatic carbocycles. The summed E-state index contributed by atoms with van der Waals surface area (Å²) in [4.78, 5) is 27.2. The summed E-state index contributed by atoms with van der Waals surface area (Å²) in [6, 6.07) is 15.1. The first-order chi connectivity index (χ1) is 14.4. The van der Waals surface area contributed by atoms with E-state index in [0.29, 0.717) is 17.5 Å². The second-order valence-electron chi connectivity index (χ2n) is 6.80. The number of carboxylic acids is 1. The first-order valence-electron chi connectivity index (χ1n) is 9.37. The van der Waals surface area contributed by atoms with Crippen LogP contribution in [-0.2, 0) is 13.0 Å². The van der Waals surface area contributed by atoms with Crippen LogP contribution in [0.5, 0.6) is 0 Å². The van der Waals surface area contributed by atoms with Crippen LogP contribution in [0.4, 0.5) is 8.78 Å². The number of rotatable bonds is 8. The lowest BCUT2D eigenvalue weighted by molar-refractivity contribution is 0.0696. The Balaban J connectivity index is 1.58. The Hall–Kier alpha value is -3.61. The van der Waals surface area contributed by atoms with Crippen molar-refractivity contribution in [1.29, 1.82) is 0 Å². The Kier molecular flexibility index (Phi) is 6.85. The molecule has 0 radical (unpaired) electrons. The minimum atomic E-state index is -1.30. The van der Waals surface area contributed by atoms with Crippen molar-refractivity contribution in [2.45, 2.75) is 25.6 Å². The molecule has 1 heterocycles. The number of nitrogens with one attached hydrogen (secondary N) is 1. The monoisotopic (exact) mass is 410 g/mol. The molecule has 0 bridgehead atoms. The minimum absolute atomic E-state index is 0.0809.